The zero-order chi connectivity index (χ0) is 11.7. The van der Waals surface area contributed by atoms with Gasteiger partial charge in [-0.2, -0.15) is 0 Å². The zero-order valence-corrected chi connectivity index (χ0v) is 8.56. The highest BCUT2D eigenvalue weighted by atomic mass is 16.5. The molecule has 0 heterocycles. The highest BCUT2D eigenvalue weighted by molar-refractivity contribution is 5.42. The van der Waals surface area contributed by atoms with Gasteiger partial charge in [-0.1, -0.05) is 36.4 Å². The van der Waals surface area contributed by atoms with Crippen molar-refractivity contribution < 1.29 is 20.4 Å². The Bertz CT molecular complexity index is 361. The van der Waals surface area contributed by atoms with Crippen molar-refractivity contribution in [2.45, 2.75) is 24.4 Å². The first kappa shape index (κ1) is 11.3. The maximum absolute atomic E-state index is 9.23. The molecule has 0 saturated heterocycles. The van der Waals surface area contributed by atoms with Gasteiger partial charge in [-0.15, -0.1) is 0 Å². The zero-order valence-electron chi connectivity index (χ0n) is 8.56. The summed E-state index contributed by atoms with van der Waals surface area (Å²) >= 11 is 0. The molecule has 1 aromatic carbocycles. The molecule has 1 aliphatic rings. The fourth-order valence-electron chi connectivity index (χ4n) is 2.08. The summed E-state index contributed by atoms with van der Waals surface area (Å²) in [7, 11) is 0. The minimum atomic E-state index is -1.48. The Morgan fingerprint density at radius 3 is 1.44 bits per heavy atom. The first-order chi connectivity index (χ1) is 7.61. The lowest BCUT2D eigenvalue weighted by molar-refractivity contribution is -0.0590. The van der Waals surface area contributed by atoms with Gasteiger partial charge in [-0.05, 0) is 11.1 Å². The third-order valence-corrected chi connectivity index (χ3v) is 2.88. The van der Waals surface area contributed by atoms with Crippen LogP contribution in [0, 0.1) is 0 Å². The van der Waals surface area contributed by atoms with Crippen LogP contribution in [0.4, 0.5) is 0 Å². The van der Waals surface area contributed by atoms with Crippen molar-refractivity contribution in [2.24, 2.45) is 0 Å². The van der Waals surface area contributed by atoms with Gasteiger partial charge in [0.25, 0.3) is 0 Å². The Morgan fingerprint density at radius 1 is 0.750 bits per heavy atom. The lowest BCUT2D eigenvalue weighted by atomic mass is 9.81. The summed E-state index contributed by atoms with van der Waals surface area (Å²) in [4.78, 5) is 0. The van der Waals surface area contributed by atoms with Gasteiger partial charge in [-0.3, -0.25) is 0 Å². The van der Waals surface area contributed by atoms with Crippen LogP contribution in [0.15, 0.2) is 36.4 Å². The Kier molecular flexibility index (Phi) is 3.07. The second kappa shape index (κ2) is 4.35. The smallest absolute Gasteiger partial charge is 0.161 e. The summed E-state index contributed by atoms with van der Waals surface area (Å²) in [6.07, 6.45) is 0.233. The molecule has 2 unspecified atom stereocenters. The first-order valence-corrected chi connectivity index (χ1v) is 5.10. The molecule has 0 radical (unpaired) electrons. The number of benzene rings is 1. The van der Waals surface area contributed by atoms with Crippen molar-refractivity contribution in [2.75, 3.05) is 0 Å². The molecule has 0 aliphatic heterocycles. The molecule has 4 heteroatoms. The molecule has 0 aromatic heterocycles. The largest absolute Gasteiger partial charge is 0.367 e. The van der Waals surface area contributed by atoms with Gasteiger partial charge in [-0.25, -0.2) is 0 Å². The van der Waals surface area contributed by atoms with E-state index in [2.05, 4.69) is 0 Å². The molecule has 16 heavy (non-hydrogen) atoms. The molecular weight excluding hydrogens is 208 g/mol. The van der Waals surface area contributed by atoms with Crippen LogP contribution in [0.1, 0.15) is 23.0 Å². The predicted octanol–water partition coefficient (Wildman–Crippen LogP) is 0.0450. The van der Waals surface area contributed by atoms with E-state index in [0.717, 1.165) is 11.1 Å². The number of rotatable bonds is 2. The first-order valence-electron chi connectivity index (χ1n) is 5.10. The van der Waals surface area contributed by atoms with Gasteiger partial charge in [0.15, 0.2) is 12.6 Å². The summed E-state index contributed by atoms with van der Waals surface area (Å²) < 4.78 is 0. The normalized spacial score (nSPS) is 23.9. The van der Waals surface area contributed by atoms with Crippen molar-refractivity contribution in [3.63, 3.8) is 0 Å². The second-order valence-corrected chi connectivity index (χ2v) is 3.89. The van der Waals surface area contributed by atoms with Crippen molar-refractivity contribution in [3.05, 3.63) is 47.5 Å². The molecule has 0 fully saturated rings. The molecular formula is C12H14O4. The maximum atomic E-state index is 9.23. The maximum Gasteiger partial charge on any atom is 0.161 e. The van der Waals surface area contributed by atoms with E-state index >= 15 is 0 Å². The average molecular weight is 222 g/mol. The topological polar surface area (TPSA) is 80.9 Å². The Balaban J connectivity index is 2.46. The van der Waals surface area contributed by atoms with Gasteiger partial charge >= 0.3 is 0 Å². The Morgan fingerprint density at radius 2 is 1.12 bits per heavy atom. The SMILES string of the molecule is OC(O)C1C=CC(C(O)O)c2ccccc21. The lowest BCUT2D eigenvalue weighted by Gasteiger charge is -2.28. The average Bonchev–Trinajstić information content (AvgIpc) is 2.27. The van der Waals surface area contributed by atoms with E-state index in [1.54, 1.807) is 36.4 Å². The molecule has 4 nitrogen and oxygen atoms in total. The van der Waals surface area contributed by atoms with E-state index in [4.69, 9.17) is 0 Å². The molecule has 0 spiro atoms. The molecule has 0 amide bonds. The van der Waals surface area contributed by atoms with E-state index < -0.39 is 24.4 Å². The van der Waals surface area contributed by atoms with E-state index in [9.17, 15) is 20.4 Å². The molecule has 2 rings (SSSR count). The third-order valence-electron chi connectivity index (χ3n) is 2.88. The standard InChI is InChI=1S/C12H14O4/c13-11(14)9-5-6-10(12(15)16)8-4-2-1-3-7(8)9/h1-6,9-16H. The third kappa shape index (κ3) is 1.88. The quantitative estimate of drug-likeness (QED) is 0.421. The summed E-state index contributed by atoms with van der Waals surface area (Å²) in [6, 6.07) is 7.10. The van der Waals surface area contributed by atoms with Crippen molar-refractivity contribution in [1.82, 2.24) is 0 Å². The van der Waals surface area contributed by atoms with Gasteiger partial charge in [0, 0.05) is 0 Å². The van der Waals surface area contributed by atoms with Crippen LogP contribution in [-0.4, -0.2) is 33.0 Å². The van der Waals surface area contributed by atoms with E-state index in [1.807, 2.05) is 0 Å². The molecule has 4 N–H and O–H groups in total. The molecule has 1 aromatic rings. The van der Waals surface area contributed by atoms with E-state index in [1.165, 1.54) is 0 Å². The van der Waals surface area contributed by atoms with Crippen LogP contribution in [0.2, 0.25) is 0 Å². The van der Waals surface area contributed by atoms with Crippen molar-refractivity contribution >= 4 is 0 Å². The second-order valence-electron chi connectivity index (χ2n) is 3.89. The molecule has 0 bridgehead atoms. The summed E-state index contributed by atoms with van der Waals surface area (Å²) in [5, 5.41) is 36.9. The number of hydrogen-bond acceptors (Lipinski definition) is 4. The number of aliphatic hydroxyl groups is 4. The number of aliphatic hydroxyl groups excluding tert-OH is 2. The van der Waals surface area contributed by atoms with Crippen LogP contribution < -0.4 is 0 Å². The Labute approximate surface area is 93.1 Å². The fourth-order valence-corrected chi connectivity index (χ4v) is 2.08. The molecule has 86 valence electrons. The molecule has 1 aliphatic carbocycles. The number of fused-ring (bicyclic) bond motifs is 1. The highest BCUT2D eigenvalue weighted by Gasteiger charge is 2.28. The van der Waals surface area contributed by atoms with Crippen molar-refractivity contribution in [3.8, 4) is 0 Å². The van der Waals surface area contributed by atoms with Crippen LogP contribution in [0.25, 0.3) is 0 Å². The fraction of sp³-hybridized carbons (Fsp3) is 0.333. The van der Waals surface area contributed by atoms with E-state index in [0.29, 0.717) is 0 Å². The Hall–Kier alpha value is -1.20. The minimum Gasteiger partial charge on any atom is -0.367 e. The summed E-state index contributed by atoms with van der Waals surface area (Å²) in [5.41, 5.74) is 1.44. The van der Waals surface area contributed by atoms with Crippen LogP contribution in [0.3, 0.4) is 0 Å². The highest BCUT2D eigenvalue weighted by Crippen LogP contribution is 2.36. The lowest BCUT2D eigenvalue weighted by Crippen LogP contribution is -2.25. The van der Waals surface area contributed by atoms with Crippen LogP contribution in [-0.2, 0) is 0 Å². The van der Waals surface area contributed by atoms with Gasteiger partial charge in [0.1, 0.15) is 0 Å². The molecule has 2 atom stereocenters. The van der Waals surface area contributed by atoms with Crippen LogP contribution >= 0.6 is 0 Å². The van der Waals surface area contributed by atoms with Gasteiger partial charge in [0.05, 0.1) is 11.8 Å². The molecule has 0 saturated carbocycles. The van der Waals surface area contributed by atoms with Crippen LogP contribution in [0.5, 0.6) is 0 Å². The number of hydrogen-bond donors (Lipinski definition) is 4. The minimum absolute atomic E-state index is 0.508. The van der Waals surface area contributed by atoms with Gasteiger partial charge in [0.2, 0.25) is 0 Å². The monoisotopic (exact) mass is 222 g/mol. The van der Waals surface area contributed by atoms with E-state index in [-0.39, 0.29) is 0 Å². The van der Waals surface area contributed by atoms with Crippen molar-refractivity contribution in [1.29, 1.82) is 0 Å². The summed E-state index contributed by atoms with van der Waals surface area (Å²) in [5.74, 6) is -1.02. The summed E-state index contributed by atoms with van der Waals surface area (Å²) in [6.45, 7) is 0. The van der Waals surface area contributed by atoms with Gasteiger partial charge < -0.3 is 20.4 Å². The predicted molar refractivity (Wildman–Crippen MR) is 57.5 cm³/mol.